The van der Waals surface area contributed by atoms with Crippen LogP contribution in [0.4, 0.5) is 5.69 Å². The largest absolute Gasteiger partial charge is 0.454 e. The molecule has 0 aliphatic carbocycles. The van der Waals surface area contributed by atoms with E-state index in [2.05, 4.69) is 4.90 Å². The molecule has 5 rings (SSSR count). The number of rotatable bonds is 2. The van der Waals surface area contributed by atoms with Gasteiger partial charge in [0.2, 0.25) is 12.7 Å². The molecule has 0 aromatic heterocycles. The van der Waals surface area contributed by atoms with Gasteiger partial charge in [-0.2, -0.15) is 0 Å². The molecule has 2 amide bonds. The molecule has 3 heterocycles. The van der Waals surface area contributed by atoms with E-state index < -0.39 is 0 Å². The van der Waals surface area contributed by atoms with Crippen LogP contribution < -0.4 is 14.4 Å². The molecule has 0 radical (unpaired) electrons. The maximum atomic E-state index is 13.1. The fraction of sp³-hybridized carbons (Fsp3) is 0.364. The van der Waals surface area contributed by atoms with Crippen LogP contribution >= 0.6 is 0 Å². The van der Waals surface area contributed by atoms with Gasteiger partial charge in [0.25, 0.3) is 5.91 Å². The molecule has 0 N–H and O–H groups in total. The van der Waals surface area contributed by atoms with Crippen molar-refractivity contribution >= 4 is 17.5 Å². The number of hydrogen-bond acceptors (Lipinski definition) is 5. The van der Waals surface area contributed by atoms with Gasteiger partial charge in [-0.25, -0.2) is 0 Å². The third-order valence-electron chi connectivity index (χ3n) is 6.24. The van der Waals surface area contributed by atoms with E-state index in [4.69, 9.17) is 9.47 Å². The van der Waals surface area contributed by atoms with Crippen LogP contribution in [0.5, 0.6) is 11.5 Å². The lowest BCUT2D eigenvalue weighted by Crippen LogP contribution is -2.64. The number of piperazine rings is 1. The molecule has 0 saturated carbocycles. The summed E-state index contributed by atoms with van der Waals surface area (Å²) in [4.78, 5) is 31.6. The molecule has 1 atom stereocenters. The zero-order valence-electron chi connectivity index (χ0n) is 16.3. The molecule has 1 spiro atoms. The predicted octanol–water partition coefficient (Wildman–Crippen LogP) is 1.98. The van der Waals surface area contributed by atoms with Gasteiger partial charge in [0.1, 0.15) is 0 Å². The quantitative estimate of drug-likeness (QED) is 0.781. The first-order valence-corrected chi connectivity index (χ1v) is 9.81. The van der Waals surface area contributed by atoms with Gasteiger partial charge in [0, 0.05) is 30.9 Å². The minimum absolute atomic E-state index is 0.0169. The number of likely N-dealkylation sites (N-methyl/N-ethyl adjacent to an activating group) is 1. The van der Waals surface area contributed by atoms with Crippen LogP contribution in [-0.2, 0) is 4.79 Å². The highest BCUT2D eigenvalue weighted by Crippen LogP contribution is 2.36. The van der Waals surface area contributed by atoms with Crippen molar-refractivity contribution in [2.24, 2.45) is 0 Å². The summed E-state index contributed by atoms with van der Waals surface area (Å²) in [7, 11) is 1.98. The Morgan fingerprint density at radius 2 is 1.83 bits per heavy atom. The third-order valence-corrected chi connectivity index (χ3v) is 6.24. The van der Waals surface area contributed by atoms with Gasteiger partial charge in [-0.3, -0.25) is 14.5 Å². The molecule has 0 unspecified atom stereocenters. The average Bonchev–Trinajstić information content (AvgIpc) is 3.38. The Morgan fingerprint density at radius 3 is 2.66 bits per heavy atom. The number of amides is 2. The van der Waals surface area contributed by atoms with E-state index >= 15 is 0 Å². The van der Waals surface area contributed by atoms with Crippen LogP contribution in [0.2, 0.25) is 0 Å². The zero-order chi connectivity index (χ0) is 20.0. The second-order valence-corrected chi connectivity index (χ2v) is 7.94. The Labute approximate surface area is 169 Å². The molecule has 2 saturated heterocycles. The number of benzene rings is 2. The number of fused-ring (bicyclic) bond motifs is 1. The highest BCUT2D eigenvalue weighted by Gasteiger charge is 2.48. The summed E-state index contributed by atoms with van der Waals surface area (Å²) >= 11 is 0. The summed E-state index contributed by atoms with van der Waals surface area (Å²) in [6.45, 7) is 2.37. The van der Waals surface area contributed by atoms with Gasteiger partial charge in [0.15, 0.2) is 11.5 Å². The van der Waals surface area contributed by atoms with Crippen molar-refractivity contribution in [2.75, 3.05) is 44.9 Å². The summed E-state index contributed by atoms with van der Waals surface area (Å²) in [5, 5.41) is 0. The summed E-state index contributed by atoms with van der Waals surface area (Å²) in [5.41, 5.74) is 1.27. The second kappa shape index (κ2) is 6.77. The standard InChI is InChI=1S/C22H23N3O4/c1-23-12-20(26)25(17-5-3-2-4-6-17)14-22(23)9-10-24(13-22)21(27)16-7-8-18-19(11-16)29-15-28-18/h2-8,11H,9-10,12-15H2,1H3/t22-/m1/s1. The van der Waals surface area contributed by atoms with Crippen LogP contribution in [0.3, 0.4) is 0 Å². The summed E-state index contributed by atoms with van der Waals surface area (Å²) in [6.07, 6.45) is 0.830. The molecule has 2 aromatic carbocycles. The molecule has 150 valence electrons. The van der Waals surface area contributed by atoms with Crippen molar-refractivity contribution in [3.63, 3.8) is 0 Å². The molecule has 2 fully saturated rings. The first-order chi connectivity index (χ1) is 14.1. The number of nitrogens with zero attached hydrogens (tertiary/aromatic N) is 3. The van der Waals surface area contributed by atoms with Crippen LogP contribution in [0.1, 0.15) is 16.8 Å². The van der Waals surface area contributed by atoms with Crippen molar-refractivity contribution in [2.45, 2.75) is 12.0 Å². The molecular formula is C22H23N3O4. The van der Waals surface area contributed by atoms with Crippen molar-refractivity contribution in [1.29, 1.82) is 0 Å². The maximum Gasteiger partial charge on any atom is 0.254 e. The molecule has 29 heavy (non-hydrogen) atoms. The molecule has 7 heteroatoms. The van der Waals surface area contributed by atoms with Gasteiger partial charge in [-0.1, -0.05) is 18.2 Å². The lowest BCUT2D eigenvalue weighted by Gasteiger charge is -2.46. The van der Waals surface area contributed by atoms with E-state index in [-0.39, 0.29) is 24.1 Å². The summed E-state index contributed by atoms with van der Waals surface area (Å²) in [6, 6.07) is 15.1. The minimum atomic E-state index is -0.240. The number of carbonyl (C=O) groups is 2. The topological polar surface area (TPSA) is 62.3 Å². The number of ether oxygens (including phenoxy) is 2. The Kier molecular flexibility index (Phi) is 4.20. The van der Waals surface area contributed by atoms with E-state index in [1.54, 1.807) is 18.2 Å². The number of carbonyl (C=O) groups excluding carboxylic acids is 2. The number of anilines is 1. The van der Waals surface area contributed by atoms with Crippen LogP contribution in [0.15, 0.2) is 48.5 Å². The summed E-state index contributed by atoms with van der Waals surface area (Å²) in [5.74, 6) is 1.35. The average molecular weight is 393 g/mol. The van der Waals surface area contributed by atoms with Crippen molar-refractivity contribution in [1.82, 2.24) is 9.80 Å². The first kappa shape index (κ1) is 18.0. The van der Waals surface area contributed by atoms with Crippen molar-refractivity contribution < 1.29 is 19.1 Å². The van der Waals surface area contributed by atoms with E-state index in [0.29, 0.717) is 43.2 Å². The van der Waals surface area contributed by atoms with E-state index in [0.717, 1.165) is 12.1 Å². The van der Waals surface area contributed by atoms with Crippen LogP contribution in [-0.4, -0.2) is 67.2 Å². The van der Waals surface area contributed by atoms with Gasteiger partial charge < -0.3 is 19.3 Å². The highest BCUT2D eigenvalue weighted by atomic mass is 16.7. The SMILES string of the molecule is CN1CC(=O)N(c2ccccc2)C[C@]12CCN(C(=O)c1ccc3c(c1)OCO3)C2. The second-order valence-electron chi connectivity index (χ2n) is 7.94. The Balaban J connectivity index is 1.37. The van der Waals surface area contributed by atoms with Crippen molar-refractivity contribution in [3.05, 3.63) is 54.1 Å². The Hall–Kier alpha value is -3.06. The zero-order valence-corrected chi connectivity index (χ0v) is 16.3. The normalized spacial score (nSPS) is 23.8. The first-order valence-electron chi connectivity index (χ1n) is 9.81. The van der Waals surface area contributed by atoms with E-state index in [9.17, 15) is 9.59 Å². The van der Waals surface area contributed by atoms with E-state index in [1.807, 2.05) is 47.2 Å². The molecule has 2 aromatic rings. The molecule has 0 bridgehead atoms. The summed E-state index contributed by atoms with van der Waals surface area (Å²) < 4.78 is 10.7. The third kappa shape index (κ3) is 3.02. The van der Waals surface area contributed by atoms with E-state index in [1.165, 1.54) is 0 Å². The lowest BCUT2D eigenvalue weighted by atomic mass is 9.92. The number of likely N-dealkylation sites (tertiary alicyclic amines) is 1. The fourth-order valence-electron chi connectivity index (χ4n) is 4.48. The fourth-order valence-corrected chi connectivity index (χ4v) is 4.48. The molecule has 7 nitrogen and oxygen atoms in total. The number of hydrogen-bond donors (Lipinski definition) is 0. The lowest BCUT2D eigenvalue weighted by molar-refractivity contribution is -0.123. The minimum Gasteiger partial charge on any atom is -0.454 e. The van der Waals surface area contributed by atoms with Gasteiger partial charge in [-0.05, 0) is 43.8 Å². The van der Waals surface area contributed by atoms with Crippen molar-refractivity contribution in [3.8, 4) is 11.5 Å². The smallest absolute Gasteiger partial charge is 0.254 e. The van der Waals surface area contributed by atoms with Crippen LogP contribution in [0.25, 0.3) is 0 Å². The number of para-hydroxylation sites is 1. The molecule has 3 aliphatic rings. The maximum absolute atomic E-state index is 13.1. The monoisotopic (exact) mass is 393 g/mol. The molecular weight excluding hydrogens is 370 g/mol. The van der Waals surface area contributed by atoms with Gasteiger partial charge in [-0.15, -0.1) is 0 Å². The van der Waals surface area contributed by atoms with Gasteiger partial charge >= 0.3 is 0 Å². The Morgan fingerprint density at radius 1 is 1.03 bits per heavy atom. The molecule has 3 aliphatic heterocycles. The highest BCUT2D eigenvalue weighted by molar-refractivity contribution is 5.97. The predicted molar refractivity (Wildman–Crippen MR) is 107 cm³/mol. The van der Waals surface area contributed by atoms with Gasteiger partial charge in [0.05, 0.1) is 12.1 Å². The Bertz CT molecular complexity index is 964. The van der Waals surface area contributed by atoms with Crippen LogP contribution in [0, 0.1) is 0 Å².